The molecule has 0 atom stereocenters. The summed E-state index contributed by atoms with van der Waals surface area (Å²) < 4.78 is 10.8. The maximum Gasteiger partial charge on any atom is 0.513 e. The van der Waals surface area contributed by atoms with Crippen LogP contribution in [0.4, 0.5) is 4.79 Å². The van der Waals surface area contributed by atoms with Crippen molar-refractivity contribution in [3.05, 3.63) is 40.1 Å². The Balaban J connectivity index is 2.80. The number of ether oxygens (including phenoxy) is 2. The van der Waals surface area contributed by atoms with Crippen LogP contribution < -0.4 is 0 Å². The second-order valence-corrected chi connectivity index (χ2v) is 7.66. The second kappa shape index (κ2) is 8.80. The molecule has 0 bridgehead atoms. The van der Waals surface area contributed by atoms with Crippen LogP contribution in [0.2, 0.25) is 0 Å². The third-order valence-electron chi connectivity index (χ3n) is 5.51. The molecule has 5 heteroatoms. The van der Waals surface area contributed by atoms with Crippen molar-refractivity contribution in [3.8, 4) is 0 Å². The standard InChI is InChI=1S/C23H33NO4/c1-8-11-23(12-9-2)20(28-22(26)27-10-3)19(21(25)24(23)7)18-16(5)13-15(4)14-17(18)6/h13-14H,8-12H2,1-7H3. The van der Waals surface area contributed by atoms with Crippen molar-refractivity contribution in [2.24, 2.45) is 0 Å². The number of carbonyl (C=O) groups excluding carboxylic acids is 2. The molecule has 0 unspecified atom stereocenters. The summed E-state index contributed by atoms with van der Waals surface area (Å²) in [6.07, 6.45) is 2.44. The average Bonchev–Trinajstić information content (AvgIpc) is 2.78. The van der Waals surface area contributed by atoms with Gasteiger partial charge in [-0.1, -0.05) is 44.4 Å². The highest BCUT2D eigenvalue weighted by Crippen LogP contribution is 2.47. The Morgan fingerprint density at radius 3 is 2.04 bits per heavy atom. The van der Waals surface area contributed by atoms with Crippen molar-refractivity contribution in [2.75, 3.05) is 13.7 Å². The largest absolute Gasteiger partial charge is 0.513 e. The number of nitrogens with zero attached hydrogens (tertiary/aromatic N) is 1. The zero-order valence-corrected chi connectivity index (χ0v) is 18.3. The van der Waals surface area contributed by atoms with E-state index in [4.69, 9.17) is 9.47 Å². The molecule has 5 nitrogen and oxygen atoms in total. The first-order chi connectivity index (χ1) is 13.2. The van der Waals surface area contributed by atoms with E-state index in [-0.39, 0.29) is 12.5 Å². The van der Waals surface area contributed by atoms with E-state index in [1.54, 1.807) is 11.8 Å². The fourth-order valence-electron chi connectivity index (χ4n) is 4.53. The monoisotopic (exact) mass is 387 g/mol. The van der Waals surface area contributed by atoms with Gasteiger partial charge in [-0.25, -0.2) is 4.79 Å². The maximum atomic E-state index is 13.4. The van der Waals surface area contributed by atoms with Crippen LogP contribution in [-0.4, -0.2) is 36.2 Å². The van der Waals surface area contributed by atoms with Crippen molar-refractivity contribution in [1.82, 2.24) is 4.90 Å². The van der Waals surface area contributed by atoms with Crippen LogP contribution in [0.1, 0.15) is 68.7 Å². The predicted octanol–water partition coefficient (Wildman–Crippen LogP) is 5.31. The number of hydrogen-bond acceptors (Lipinski definition) is 4. The molecule has 0 aliphatic carbocycles. The van der Waals surface area contributed by atoms with Gasteiger partial charge >= 0.3 is 6.16 Å². The zero-order chi connectivity index (χ0) is 21.1. The predicted molar refractivity (Wildman–Crippen MR) is 111 cm³/mol. The van der Waals surface area contributed by atoms with Crippen LogP contribution in [0.5, 0.6) is 0 Å². The number of hydrogen-bond donors (Lipinski definition) is 0. The summed E-state index contributed by atoms with van der Waals surface area (Å²) in [6.45, 7) is 12.2. The van der Waals surface area contributed by atoms with Crippen LogP contribution in [0, 0.1) is 20.8 Å². The number of amides is 1. The summed E-state index contributed by atoms with van der Waals surface area (Å²) in [5.74, 6) is 0.341. The second-order valence-electron chi connectivity index (χ2n) is 7.66. The van der Waals surface area contributed by atoms with Gasteiger partial charge in [0.1, 0.15) is 5.54 Å². The maximum absolute atomic E-state index is 13.4. The summed E-state index contributed by atoms with van der Waals surface area (Å²) in [4.78, 5) is 27.5. The highest BCUT2D eigenvalue weighted by Gasteiger charge is 2.52. The molecule has 0 saturated carbocycles. The van der Waals surface area contributed by atoms with E-state index in [1.807, 2.05) is 27.8 Å². The van der Waals surface area contributed by atoms with E-state index >= 15 is 0 Å². The molecule has 1 aliphatic rings. The molecule has 1 aromatic carbocycles. The van der Waals surface area contributed by atoms with Gasteiger partial charge in [-0.2, -0.15) is 0 Å². The zero-order valence-electron chi connectivity index (χ0n) is 18.3. The van der Waals surface area contributed by atoms with Crippen molar-refractivity contribution in [3.63, 3.8) is 0 Å². The van der Waals surface area contributed by atoms with E-state index in [1.165, 1.54) is 0 Å². The molecule has 2 rings (SSSR count). The summed E-state index contributed by atoms with van der Waals surface area (Å²) in [5, 5.41) is 0. The van der Waals surface area contributed by atoms with E-state index in [9.17, 15) is 9.59 Å². The number of rotatable bonds is 7. The molecule has 0 spiro atoms. The SMILES string of the molecule is CCCC1(CCC)C(OC(=O)OCC)=C(c2c(C)cc(C)cc2C)C(=O)N1C. The Kier molecular flexibility index (Phi) is 6.91. The Morgan fingerprint density at radius 2 is 1.57 bits per heavy atom. The minimum atomic E-state index is -0.753. The van der Waals surface area contributed by atoms with Crippen LogP contribution in [-0.2, 0) is 14.3 Å². The summed E-state index contributed by atoms with van der Waals surface area (Å²) in [7, 11) is 1.81. The lowest BCUT2D eigenvalue weighted by atomic mass is 9.84. The Hall–Kier alpha value is -2.30. The fraction of sp³-hybridized carbons (Fsp3) is 0.565. The van der Waals surface area contributed by atoms with Gasteiger partial charge in [0.05, 0.1) is 12.2 Å². The topological polar surface area (TPSA) is 55.8 Å². The Labute approximate surface area is 168 Å². The number of likely N-dealkylation sites (N-methyl/N-ethyl adjacent to an activating group) is 1. The molecule has 28 heavy (non-hydrogen) atoms. The molecule has 0 aromatic heterocycles. The first-order valence-corrected chi connectivity index (χ1v) is 10.2. The first-order valence-electron chi connectivity index (χ1n) is 10.2. The lowest BCUT2D eigenvalue weighted by molar-refractivity contribution is -0.127. The fourth-order valence-corrected chi connectivity index (χ4v) is 4.53. The van der Waals surface area contributed by atoms with Crippen molar-refractivity contribution in [2.45, 2.75) is 72.8 Å². The number of aryl methyl sites for hydroxylation is 3. The quantitative estimate of drug-likeness (QED) is 0.595. The molecule has 1 aromatic rings. The molecule has 1 aliphatic heterocycles. The van der Waals surface area contributed by atoms with E-state index < -0.39 is 11.7 Å². The van der Waals surface area contributed by atoms with Crippen LogP contribution in [0.3, 0.4) is 0 Å². The highest BCUT2D eigenvalue weighted by molar-refractivity contribution is 6.24. The smallest absolute Gasteiger partial charge is 0.434 e. The summed E-state index contributed by atoms with van der Waals surface area (Å²) in [6, 6.07) is 4.12. The average molecular weight is 388 g/mol. The number of carbonyl (C=O) groups is 2. The molecule has 0 fully saturated rings. The van der Waals surface area contributed by atoms with E-state index in [2.05, 4.69) is 26.0 Å². The third-order valence-corrected chi connectivity index (χ3v) is 5.51. The lowest BCUT2D eigenvalue weighted by Crippen LogP contribution is -2.46. The molecule has 1 amide bonds. The van der Waals surface area contributed by atoms with Gasteiger partial charge in [0, 0.05) is 7.05 Å². The summed E-state index contributed by atoms with van der Waals surface area (Å²) >= 11 is 0. The van der Waals surface area contributed by atoms with Crippen molar-refractivity contribution < 1.29 is 19.1 Å². The van der Waals surface area contributed by atoms with Crippen molar-refractivity contribution >= 4 is 17.6 Å². The van der Waals surface area contributed by atoms with Gasteiger partial charge < -0.3 is 14.4 Å². The number of benzene rings is 1. The van der Waals surface area contributed by atoms with Gasteiger partial charge in [-0.05, 0) is 57.2 Å². The molecule has 1 heterocycles. The van der Waals surface area contributed by atoms with Gasteiger partial charge in [-0.3, -0.25) is 4.79 Å². The van der Waals surface area contributed by atoms with Gasteiger partial charge in [0.2, 0.25) is 0 Å². The van der Waals surface area contributed by atoms with Gasteiger partial charge in [-0.15, -0.1) is 0 Å². The van der Waals surface area contributed by atoms with Gasteiger partial charge in [0.15, 0.2) is 5.76 Å². The van der Waals surface area contributed by atoms with Crippen LogP contribution >= 0.6 is 0 Å². The Bertz CT molecular complexity index is 765. The van der Waals surface area contributed by atoms with Crippen LogP contribution in [0.25, 0.3) is 5.57 Å². The Morgan fingerprint density at radius 1 is 1.04 bits per heavy atom. The molecule has 0 radical (unpaired) electrons. The van der Waals surface area contributed by atoms with Gasteiger partial charge in [0.25, 0.3) is 5.91 Å². The van der Waals surface area contributed by atoms with E-state index in [0.29, 0.717) is 11.3 Å². The third kappa shape index (κ3) is 3.80. The van der Waals surface area contributed by atoms with E-state index in [0.717, 1.165) is 47.9 Å². The molecule has 154 valence electrons. The lowest BCUT2D eigenvalue weighted by Gasteiger charge is -2.37. The summed E-state index contributed by atoms with van der Waals surface area (Å²) in [5.41, 5.74) is 3.86. The molecule has 0 N–H and O–H groups in total. The minimum Gasteiger partial charge on any atom is -0.434 e. The molecular formula is C23H33NO4. The first kappa shape index (κ1) is 22.0. The highest BCUT2D eigenvalue weighted by atomic mass is 16.7. The molecule has 0 saturated heterocycles. The normalized spacial score (nSPS) is 16.0. The van der Waals surface area contributed by atoms with Crippen molar-refractivity contribution in [1.29, 1.82) is 0 Å². The molecular weight excluding hydrogens is 354 g/mol. The minimum absolute atomic E-state index is 0.101. The van der Waals surface area contributed by atoms with Crippen LogP contribution in [0.15, 0.2) is 17.9 Å².